The molecular formula is C26H37N5O3. The van der Waals surface area contributed by atoms with Gasteiger partial charge in [0.1, 0.15) is 6.04 Å². The van der Waals surface area contributed by atoms with Gasteiger partial charge in [-0.15, -0.1) is 0 Å². The van der Waals surface area contributed by atoms with Crippen LogP contribution >= 0.6 is 0 Å². The van der Waals surface area contributed by atoms with Crippen molar-refractivity contribution in [1.29, 1.82) is 0 Å². The predicted octanol–water partition coefficient (Wildman–Crippen LogP) is 2.97. The number of rotatable bonds is 5. The second kappa shape index (κ2) is 9.56. The van der Waals surface area contributed by atoms with Gasteiger partial charge in [-0.3, -0.25) is 24.0 Å². The van der Waals surface area contributed by atoms with Crippen LogP contribution in [0.25, 0.3) is 11.0 Å². The Balaban J connectivity index is 1.38. The Bertz CT molecular complexity index is 1120. The quantitative estimate of drug-likeness (QED) is 0.660. The summed E-state index contributed by atoms with van der Waals surface area (Å²) in [4.78, 5) is 40.0. The van der Waals surface area contributed by atoms with Gasteiger partial charge < -0.3 is 10.2 Å². The molecule has 2 aromatic rings. The standard InChI is InChI=1S/C26H37N5O3/c1-17(2)30-23-16-20(29-13-9-19(10-14-29)15-18-7-11-27-12-8-18)3-4-21(23)31(26(30)34)22-5-6-24(32)28-25(22)33/h3-4,16-19,22,27H,5-15H2,1-2H3,(H,28,32,33). The summed E-state index contributed by atoms with van der Waals surface area (Å²) in [6, 6.07) is 5.50. The molecule has 0 radical (unpaired) electrons. The number of hydrogen-bond donors (Lipinski definition) is 2. The molecule has 0 saturated carbocycles. The van der Waals surface area contributed by atoms with E-state index in [0.29, 0.717) is 6.42 Å². The molecule has 3 aliphatic heterocycles. The lowest BCUT2D eigenvalue weighted by Gasteiger charge is -2.36. The molecule has 0 bridgehead atoms. The summed E-state index contributed by atoms with van der Waals surface area (Å²) in [5.74, 6) is 1.03. The number of imidazole rings is 1. The van der Waals surface area contributed by atoms with E-state index >= 15 is 0 Å². The first kappa shape index (κ1) is 23.1. The maximum absolute atomic E-state index is 13.4. The molecule has 0 aliphatic carbocycles. The monoisotopic (exact) mass is 467 g/mol. The summed E-state index contributed by atoms with van der Waals surface area (Å²) in [5.41, 5.74) is 2.58. The largest absolute Gasteiger partial charge is 0.371 e. The van der Waals surface area contributed by atoms with Crippen molar-refractivity contribution in [3.8, 4) is 0 Å². The molecule has 1 aromatic carbocycles. The zero-order valence-corrected chi connectivity index (χ0v) is 20.4. The molecule has 2 amide bonds. The number of hydrogen-bond acceptors (Lipinski definition) is 5. The number of amides is 2. The highest BCUT2D eigenvalue weighted by Gasteiger charge is 2.32. The lowest BCUT2D eigenvalue weighted by molar-refractivity contribution is -0.135. The highest BCUT2D eigenvalue weighted by molar-refractivity contribution is 6.00. The molecule has 8 heteroatoms. The molecule has 1 atom stereocenters. The van der Waals surface area contributed by atoms with Gasteiger partial charge in [0.25, 0.3) is 0 Å². The number of carbonyl (C=O) groups excluding carboxylic acids is 2. The first-order valence-corrected chi connectivity index (χ1v) is 13.0. The summed E-state index contributed by atoms with van der Waals surface area (Å²) in [6.45, 7) is 8.41. The molecule has 3 aliphatic rings. The van der Waals surface area contributed by atoms with Gasteiger partial charge in [0, 0.05) is 31.2 Å². The van der Waals surface area contributed by atoms with Crippen molar-refractivity contribution in [2.45, 2.75) is 70.9 Å². The van der Waals surface area contributed by atoms with Crippen molar-refractivity contribution in [1.82, 2.24) is 19.8 Å². The number of imide groups is 1. The van der Waals surface area contributed by atoms with Crippen LogP contribution in [0.15, 0.2) is 23.0 Å². The number of carbonyl (C=O) groups is 2. The van der Waals surface area contributed by atoms with E-state index in [9.17, 15) is 14.4 Å². The summed E-state index contributed by atoms with van der Waals surface area (Å²) >= 11 is 0. The van der Waals surface area contributed by atoms with Crippen molar-refractivity contribution in [2.75, 3.05) is 31.1 Å². The molecule has 2 N–H and O–H groups in total. The van der Waals surface area contributed by atoms with Crippen LogP contribution in [0.4, 0.5) is 5.69 Å². The van der Waals surface area contributed by atoms with E-state index in [2.05, 4.69) is 27.7 Å². The van der Waals surface area contributed by atoms with Crippen LogP contribution in [0.1, 0.15) is 70.9 Å². The Labute approximate surface area is 200 Å². The minimum absolute atomic E-state index is 0.0319. The molecule has 1 aromatic heterocycles. The van der Waals surface area contributed by atoms with Crippen molar-refractivity contribution < 1.29 is 9.59 Å². The molecule has 184 valence electrons. The fourth-order valence-corrected chi connectivity index (χ4v) is 6.17. The fraction of sp³-hybridized carbons (Fsp3) is 0.654. The Morgan fingerprint density at radius 3 is 2.32 bits per heavy atom. The number of nitrogens with zero attached hydrogens (tertiary/aromatic N) is 3. The fourth-order valence-electron chi connectivity index (χ4n) is 6.17. The first-order valence-electron chi connectivity index (χ1n) is 13.0. The number of piperidine rings is 3. The van der Waals surface area contributed by atoms with Gasteiger partial charge in [-0.1, -0.05) is 0 Å². The summed E-state index contributed by atoms with van der Waals surface area (Å²) in [5, 5.41) is 5.86. The van der Waals surface area contributed by atoms with Gasteiger partial charge >= 0.3 is 5.69 Å². The average molecular weight is 468 g/mol. The Hall–Kier alpha value is -2.61. The highest BCUT2D eigenvalue weighted by Crippen LogP contribution is 2.33. The molecule has 1 unspecified atom stereocenters. The SMILES string of the molecule is CC(C)n1c(=O)n(C2CCC(=O)NC2=O)c2ccc(N3CCC(CC4CCNCC4)CC3)cc21. The Kier molecular flexibility index (Phi) is 6.51. The van der Waals surface area contributed by atoms with Crippen LogP contribution in [-0.4, -0.2) is 47.1 Å². The van der Waals surface area contributed by atoms with E-state index in [1.54, 1.807) is 9.13 Å². The molecule has 3 saturated heterocycles. The second-order valence-electron chi connectivity index (χ2n) is 10.6. The molecule has 34 heavy (non-hydrogen) atoms. The molecule has 0 spiro atoms. The third-order valence-corrected chi connectivity index (χ3v) is 8.03. The van der Waals surface area contributed by atoms with E-state index in [1.807, 2.05) is 19.9 Å². The number of anilines is 1. The van der Waals surface area contributed by atoms with Crippen LogP contribution < -0.4 is 21.2 Å². The van der Waals surface area contributed by atoms with Crippen LogP contribution in [0.3, 0.4) is 0 Å². The van der Waals surface area contributed by atoms with Crippen LogP contribution in [-0.2, 0) is 9.59 Å². The van der Waals surface area contributed by atoms with Gasteiger partial charge in [0.05, 0.1) is 11.0 Å². The second-order valence-corrected chi connectivity index (χ2v) is 10.6. The smallest absolute Gasteiger partial charge is 0.330 e. The minimum atomic E-state index is -0.649. The molecular weight excluding hydrogens is 430 g/mol. The molecule has 3 fully saturated rings. The Morgan fingerprint density at radius 2 is 1.65 bits per heavy atom. The number of benzene rings is 1. The third-order valence-electron chi connectivity index (χ3n) is 8.03. The van der Waals surface area contributed by atoms with E-state index in [4.69, 9.17) is 0 Å². The molecule has 5 rings (SSSR count). The van der Waals surface area contributed by atoms with Gasteiger partial charge in [-0.25, -0.2) is 4.79 Å². The van der Waals surface area contributed by atoms with Crippen LogP contribution in [0.2, 0.25) is 0 Å². The molecule has 8 nitrogen and oxygen atoms in total. The van der Waals surface area contributed by atoms with E-state index in [0.717, 1.165) is 41.6 Å². The normalized spacial score (nSPS) is 23.1. The van der Waals surface area contributed by atoms with Crippen LogP contribution in [0, 0.1) is 11.8 Å². The summed E-state index contributed by atoms with van der Waals surface area (Å²) in [6.07, 6.45) is 7.03. The van der Waals surface area contributed by atoms with E-state index in [-0.39, 0.29) is 30.0 Å². The van der Waals surface area contributed by atoms with Crippen LogP contribution in [0.5, 0.6) is 0 Å². The maximum Gasteiger partial charge on any atom is 0.330 e. The summed E-state index contributed by atoms with van der Waals surface area (Å²) < 4.78 is 3.37. The van der Waals surface area contributed by atoms with Gasteiger partial charge in [-0.2, -0.15) is 0 Å². The van der Waals surface area contributed by atoms with E-state index < -0.39 is 6.04 Å². The topological polar surface area (TPSA) is 88.4 Å². The Morgan fingerprint density at radius 1 is 0.941 bits per heavy atom. The molecule has 4 heterocycles. The predicted molar refractivity (Wildman–Crippen MR) is 133 cm³/mol. The van der Waals surface area contributed by atoms with Gasteiger partial charge in [-0.05, 0) is 95.5 Å². The zero-order chi connectivity index (χ0) is 23.8. The minimum Gasteiger partial charge on any atom is -0.371 e. The van der Waals surface area contributed by atoms with Crippen molar-refractivity contribution in [3.63, 3.8) is 0 Å². The lowest BCUT2D eigenvalue weighted by Crippen LogP contribution is -2.44. The number of nitrogens with one attached hydrogen (secondary N) is 2. The lowest BCUT2D eigenvalue weighted by atomic mass is 9.83. The van der Waals surface area contributed by atoms with Gasteiger partial charge in [0.2, 0.25) is 11.8 Å². The maximum atomic E-state index is 13.4. The third kappa shape index (κ3) is 4.40. The van der Waals surface area contributed by atoms with Crippen molar-refractivity contribution in [2.24, 2.45) is 11.8 Å². The van der Waals surface area contributed by atoms with Gasteiger partial charge in [0.15, 0.2) is 0 Å². The first-order chi connectivity index (χ1) is 16.4. The highest BCUT2D eigenvalue weighted by atomic mass is 16.2. The van der Waals surface area contributed by atoms with Crippen molar-refractivity contribution in [3.05, 3.63) is 28.7 Å². The van der Waals surface area contributed by atoms with Crippen molar-refractivity contribution >= 4 is 28.5 Å². The van der Waals surface area contributed by atoms with E-state index in [1.165, 1.54) is 45.2 Å². The zero-order valence-electron chi connectivity index (χ0n) is 20.4. The average Bonchev–Trinajstić information content (AvgIpc) is 3.11. The number of fused-ring (bicyclic) bond motifs is 1. The number of aromatic nitrogens is 2. The summed E-state index contributed by atoms with van der Waals surface area (Å²) in [7, 11) is 0.